The lowest BCUT2D eigenvalue weighted by molar-refractivity contribution is 0.625. The highest BCUT2D eigenvalue weighted by atomic mass is 19.1. The zero-order chi connectivity index (χ0) is 23.8. The number of hydrogen-bond acceptors (Lipinski definition) is 7. The van der Waals surface area contributed by atoms with Crippen molar-refractivity contribution in [1.29, 1.82) is 5.26 Å². The maximum Gasteiger partial charge on any atom is 0.182 e. The van der Waals surface area contributed by atoms with Crippen molar-refractivity contribution in [2.24, 2.45) is 0 Å². The predicted octanol–water partition coefficient (Wildman–Crippen LogP) is 3.99. The van der Waals surface area contributed by atoms with Crippen molar-refractivity contribution in [1.82, 2.24) is 34.5 Å². The minimum Gasteiger partial charge on any atom is -0.361 e. The zero-order valence-corrected chi connectivity index (χ0v) is 18.0. The van der Waals surface area contributed by atoms with E-state index < -0.39 is 5.82 Å². The van der Waals surface area contributed by atoms with E-state index >= 15 is 0 Å². The van der Waals surface area contributed by atoms with Gasteiger partial charge in [0.15, 0.2) is 11.5 Å². The van der Waals surface area contributed by atoms with Gasteiger partial charge < -0.3 is 10.3 Å². The van der Waals surface area contributed by atoms with Gasteiger partial charge in [0.25, 0.3) is 0 Å². The van der Waals surface area contributed by atoms with Crippen LogP contribution in [0.1, 0.15) is 25.2 Å². The van der Waals surface area contributed by atoms with Crippen molar-refractivity contribution >= 4 is 28.0 Å². The van der Waals surface area contributed by atoms with Gasteiger partial charge in [-0.2, -0.15) is 5.26 Å². The van der Waals surface area contributed by atoms with Gasteiger partial charge >= 0.3 is 0 Å². The number of benzene rings is 1. The lowest BCUT2D eigenvalue weighted by Crippen LogP contribution is -2.09. The fourth-order valence-corrected chi connectivity index (χ4v) is 3.24. The summed E-state index contributed by atoms with van der Waals surface area (Å²) in [5.74, 6) is 0.532. The SMILES string of the molecule is C#C.CC.N#Cc1c(F)ccc2nc(CNc3ncnc4nc[nH]c34)n(-c3cccnc3)c12. The van der Waals surface area contributed by atoms with Crippen LogP contribution in [0.5, 0.6) is 0 Å². The first-order chi connectivity index (χ1) is 16.3. The van der Waals surface area contributed by atoms with Crippen LogP contribution in [-0.4, -0.2) is 34.5 Å². The van der Waals surface area contributed by atoms with Crippen molar-refractivity contribution in [2.75, 3.05) is 5.32 Å². The number of aromatic amines is 1. The van der Waals surface area contributed by atoms with Crippen LogP contribution < -0.4 is 5.32 Å². The van der Waals surface area contributed by atoms with Crippen LogP contribution in [0.3, 0.4) is 0 Å². The number of anilines is 1. The Morgan fingerprint density at radius 3 is 2.73 bits per heavy atom. The highest BCUT2D eigenvalue weighted by Crippen LogP contribution is 2.27. The molecule has 0 aliphatic rings. The monoisotopic (exact) mass is 441 g/mol. The van der Waals surface area contributed by atoms with Gasteiger partial charge in [0, 0.05) is 6.20 Å². The largest absolute Gasteiger partial charge is 0.361 e. The summed E-state index contributed by atoms with van der Waals surface area (Å²) in [6.45, 7) is 4.27. The third kappa shape index (κ3) is 4.31. The van der Waals surface area contributed by atoms with Gasteiger partial charge in [-0.3, -0.25) is 9.55 Å². The van der Waals surface area contributed by atoms with Gasteiger partial charge in [0.1, 0.15) is 35.1 Å². The molecule has 1 aromatic carbocycles. The molecule has 164 valence electrons. The molecule has 0 spiro atoms. The van der Waals surface area contributed by atoms with Crippen molar-refractivity contribution in [3.63, 3.8) is 0 Å². The van der Waals surface area contributed by atoms with Crippen molar-refractivity contribution in [2.45, 2.75) is 20.4 Å². The van der Waals surface area contributed by atoms with E-state index in [2.05, 4.69) is 48.1 Å². The maximum absolute atomic E-state index is 14.3. The summed E-state index contributed by atoms with van der Waals surface area (Å²) in [5.41, 5.74) is 2.72. The molecule has 33 heavy (non-hydrogen) atoms. The number of rotatable bonds is 4. The van der Waals surface area contributed by atoms with Crippen molar-refractivity contribution in [3.05, 3.63) is 66.5 Å². The summed E-state index contributed by atoms with van der Waals surface area (Å²) in [4.78, 5) is 24.2. The molecule has 0 saturated heterocycles. The van der Waals surface area contributed by atoms with Crippen LogP contribution in [0, 0.1) is 30.0 Å². The highest BCUT2D eigenvalue weighted by Gasteiger charge is 2.19. The second-order valence-electron chi connectivity index (χ2n) is 6.15. The Morgan fingerprint density at radius 2 is 2.00 bits per heavy atom. The molecule has 9 nitrogen and oxygen atoms in total. The van der Waals surface area contributed by atoms with Crippen LogP contribution in [0.15, 0.2) is 49.3 Å². The first-order valence-electron chi connectivity index (χ1n) is 9.98. The Morgan fingerprint density at radius 1 is 1.18 bits per heavy atom. The average Bonchev–Trinajstić information content (AvgIpc) is 3.51. The van der Waals surface area contributed by atoms with Crippen molar-refractivity contribution < 1.29 is 4.39 Å². The normalized spacial score (nSPS) is 9.94. The standard InChI is InChI=1S/C19H12FN9.C2H6.C2H2/c20-13-3-4-14-17(12(13)6-21)29(11-2-1-5-22-7-11)15(28-14)8-23-18-16-19(25-9-24-16)27-10-26-18;2*1-2/h1-5,7,9-10H,8H2,(H2,23,24,25,26,27);1-2H3;1-2H. The zero-order valence-electron chi connectivity index (χ0n) is 18.0. The van der Waals surface area contributed by atoms with Gasteiger partial charge in [-0.25, -0.2) is 24.3 Å². The average molecular weight is 441 g/mol. The smallest absolute Gasteiger partial charge is 0.182 e. The first kappa shape index (κ1) is 22.8. The second-order valence-corrected chi connectivity index (χ2v) is 6.15. The Labute approximate surface area is 189 Å². The Kier molecular flexibility index (Phi) is 7.24. The molecule has 0 atom stereocenters. The number of nitrogens with zero attached hydrogens (tertiary/aromatic N) is 7. The summed E-state index contributed by atoms with van der Waals surface area (Å²) in [7, 11) is 0. The lowest BCUT2D eigenvalue weighted by atomic mass is 10.2. The third-order valence-corrected chi connectivity index (χ3v) is 4.49. The van der Waals surface area contributed by atoms with E-state index in [-0.39, 0.29) is 12.1 Å². The van der Waals surface area contributed by atoms with Crippen LogP contribution >= 0.6 is 0 Å². The molecular formula is C23H20FN9. The third-order valence-electron chi connectivity index (χ3n) is 4.49. The molecular weight excluding hydrogens is 421 g/mol. The minimum absolute atomic E-state index is 0.0666. The lowest BCUT2D eigenvalue weighted by Gasteiger charge is -2.11. The number of nitriles is 1. The number of nitrogens with one attached hydrogen (secondary N) is 2. The molecule has 4 aromatic heterocycles. The molecule has 4 heterocycles. The predicted molar refractivity (Wildman–Crippen MR) is 124 cm³/mol. The molecule has 0 radical (unpaired) electrons. The fraction of sp³-hybridized carbons (Fsp3) is 0.130. The van der Waals surface area contributed by atoms with Gasteiger partial charge in [0.2, 0.25) is 0 Å². The number of imidazole rings is 2. The molecule has 5 aromatic rings. The number of aromatic nitrogens is 7. The van der Waals surface area contributed by atoms with E-state index in [1.54, 1.807) is 29.1 Å². The summed E-state index contributed by atoms with van der Waals surface area (Å²) in [6, 6.07) is 8.34. The summed E-state index contributed by atoms with van der Waals surface area (Å²) >= 11 is 0. The molecule has 0 saturated carbocycles. The second kappa shape index (κ2) is 10.5. The van der Waals surface area contributed by atoms with Crippen LogP contribution in [0.25, 0.3) is 27.9 Å². The molecule has 0 amide bonds. The molecule has 10 heteroatoms. The maximum atomic E-state index is 14.3. The van der Waals surface area contributed by atoms with Gasteiger partial charge in [-0.05, 0) is 24.3 Å². The molecule has 5 rings (SSSR count). The number of pyridine rings is 1. The fourth-order valence-electron chi connectivity index (χ4n) is 3.24. The summed E-state index contributed by atoms with van der Waals surface area (Å²) < 4.78 is 16.0. The topological polar surface area (TPSA) is 121 Å². The molecule has 0 fully saturated rings. The number of H-pyrrole nitrogens is 1. The van der Waals surface area contributed by atoms with Crippen LogP contribution in [0.2, 0.25) is 0 Å². The van der Waals surface area contributed by atoms with Gasteiger partial charge in [-0.15, -0.1) is 12.8 Å². The Hall–Kier alpha value is -4.83. The first-order valence-corrected chi connectivity index (χ1v) is 9.98. The van der Waals surface area contributed by atoms with Crippen molar-refractivity contribution in [3.8, 4) is 24.6 Å². The minimum atomic E-state index is -0.598. The van der Waals surface area contributed by atoms with E-state index in [1.165, 1.54) is 18.7 Å². The van der Waals surface area contributed by atoms with Gasteiger partial charge in [-0.1, -0.05) is 13.8 Å². The molecule has 0 aliphatic heterocycles. The molecule has 0 unspecified atom stereocenters. The number of fused-ring (bicyclic) bond motifs is 2. The van der Waals surface area contributed by atoms with Crippen LogP contribution in [-0.2, 0) is 6.54 Å². The number of halogens is 1. The highest BCUT2D eigenvalue weighted by molar-refractivity contribution is 5.85. The van der Waals surface area contributed by atoms with Gasteiger partial charge in [0.05, 0.1) is 35.8 Å². The number of hydrogen-bond donors (Lipinski definition) is 2. The molecule has 0 aliphatic carbocycles. The quantitative estimate of drug-likeness (QED) is 0.405. The van der Waals surface area contributed by atoms with E-state index in [0.29, 0.717) is 39.5 Å². The van der Waals surface area contributed by atoms with E-state index in [9.17, 15) is 9.65 Å². The molecule has 0 bridgehead atoms. The Balaban J connectivity index is 0.000000728. The van der Waals surface area contributed by atoms with E-state index in [1.807, 2.05) is 26.0 Å². The summed E-state index contributed by atoms with van der Waals surface area (Å²) in [6.07, 6.45) is 14.2. The summed E-state index contributed by atoms with van der Waals surface area (Å²) in [5, 5.41) is 12.7. The van der Waals surface area contributed by atoms with E-state index in [0.717, 1.165) is 0 Å². The molecule has 2 N–H and O–H groups in total. The Bertz CT molecular complexity index is 1430. The number of terminal acetylenes is 1. The van der Waals surface area contributed by atoms with E-state index in [4.69, 9.17) is 0 Å². The van der Waals surface area contributed by atoms with Crippen LogP contribution in [0.4, 0.5) is 10.2 Å².